The molecule has 0 spiro atoms. The van der Waals surface area contributed by atoms with Crippen LogP contribution in [0.25, 0.3) is 0 Å². The first-order valence-electron chi connectivity index (χ1n) is 6.43. The lowest BCUT2D eigenvalue weighted by Crippen LogP contribution is -2.17. The summed E-state index contributed by atoms with van der Waals surface area (Å²) in [5.41, 5.74) is 0.935. The molecular formula is C15H16N2O3. The van der Waals surface area contributed by atoms with Gasteiger partial charge in [-0.05, 0) is 18.9 Å². The van der Waals surface area contributed by atoms with E-state index in [2.05, 4.69) is 9.97 Å². The molecule has 1 N–H and O–H groups in total. The second-order valence-corrected chi connectivity index (χ2v) is 4.27. The molecule has 1 aromatic carbocycles. The van der Waals surface area contributed by atoms with Crippen molar-refractivity contribution in [3.63, 3.8) is 0 Å². The fourth-order valence-electron chi connectivity index (χ4n) is 1.89. The maximum absolute atomic E-state index is 11.5. The van der Waals surface area contributed by atoms with Gasteiger partial charge in [-0.25, -0.2) is 4.98 Å². The summed E-state index contributed by atoms with van der Waals surface area (Å²) in [6.45, 7) is 2.33. The maximum Gasteiger partial charge on any atom is 0.314 e. The first kappa shape index (κ1) is 14.0. The van der Waals surface area contributed by atoms with Crippen LogP contribution in [-0.2, 0) is 11.2 Å². The van der Waals surface area contributed by atoms with Gasteiger partial charge in [0.1, 0.15) is 11.7 Å². The summed E-state index contributed by atoms with van der Waals surface area (Å²) in [6, 6.07) is 11.1. The highest BCUT2D eigenvalue weighted by molar-refractivity contribution is 5.75. The Morgan fingerprint density at radius 1 is 1.30 bits per heavy atom. The monoisotopic (exact) mass is 272 g/mol. The van der Waals surface area contributed by atoms with Gasteiger partial charge in [0.2, 0.25) is 5.88 Å². The molecule has 0 bridgehead atoms. The van der Waals surface area contributed by atoms with Crippen molar-refractivity contribution < 1.29 is 14.6 Å². The molecule has 104 valence electrons. The molecular weight excluding hydrogens is 256 g/mol. The lowest BCUT2D eigenvalue weighted by Gasteiger charge is -2.12. The van der Waals surface area contributed by atoms with Gasteiger partial charge < -0.3 is 9.84 Å². The molecule has 0 saturated heterocycles. The first-order chi connectivity index (χ1) is 9.70. The molecule has 2 rings (SSSR count). The molecule has 2 aromatic rings. The second kappa shape index (κ2) is 6.65. The highest BCUT2D eigenvalue weighted by atomic mass is 16.5. The largest absolute Gasteiger partial charge is 0.481 e. The maximum atomic E-state index is 11.5. The van der Waals surface area contributed by atoms with Crippen LogP contribution in [0.2, 0.25) is 0 Å². The van der Waals surface area contributed by atoms with E-state index in [-0.39, 0.29) is 5.82 Å². The number of rotatable bonds is 6. The summed E-state index contributed by atoms with van der Waals surface area (Å²) in [5, 5.41) is 9.39. The van der Waals surface area contributed by atoms with Gasteiger partial charge in [0, 0.05) is 12.3 Å². The topological polar surface area (TPSA) is 72.3 Å². The van der Waals surface area contributed by atoms with Gasteiger partial charge in [0.15, 0.2) is 0 Å². The van der Waals surface area contributed by atoms with Gasteiger partial charge in [-0.15, -0.1) is 0 Å². The van der Waals surface area contributed by atoms with E-state index in [1.807, 2.05) is 37.3 Å². The van der Waals surface area contributed by atoms with Gasteiger partial charge >= 0.3 is 5.97 Å². The third-order valence-corrected chi connectivity index (χ3v) is 2.83. The molecule has 0 aliphatic carbocycles. The number of hydrogen-bond donors (Lipinski definition) is 1. The summed E-state index contributed by atoms with van der Waals surface area (Å²) in [5.74, 6) is -1.05. The van der Waals surface area contributed by atoms with Crippen LogP contribution < -0.4 is 4.74 Å². The number of carboxylic acids is 1. The second-order valence-electron chi connectivity index (χ2n) is 4.27. The molecule has 5 heteroatoms. The van der Waals surface area contributed by atoms with Crippen molar-refractivity contribution in [1.29, 1.82) is 0 Å². The van der Waals surface area contributed by atoms with Crippen LogP contribution in [0.1, 0.15) is 24.2 Å². The summed E-state index contributed by atoms with van der Waals surface area (Å²) in [6.07, 6.45) is 1.88. The van der Waals surface area contributed by atoms with E-state index in [0.29, 0.717) is 18.9 Å². The number of aromatic nitrogens is 2. The van der Waals surface area contributed by atoms with Gasteiger partial charge in [0.05, 0.1) is 6.61 Å². The van der Waals surface area contributed by atoms with E-state index in [9.17, 15) is 9.90 Å². The fraction of sp³-hybridized carbons (Fsp3) is 0.267. The van der Waals surface area contributed by atoms with Crippen molar-refractivity contribution in [1.82, 2.24) is 9.97 Å². The molecule has 0 aliphatic heterocycles. The van der Waals surface area contributed by atoms with Crippen LogP contribution in [0, 0.1) is 0 Å². The predicted octanol–water partition coefficient (Wildman–Crippen LogP) is 2.29. The minimum atomic E-state index is -0.942. The molecule has 0 fully saturated rings. The lowest BCUT2D eigenvalue weighted by atomic mass is 9.98. The van der Waals surface area contributed by atoms with Crippen molar-refractivity contribution in [3.05, 3.63) is 54.0 Å². The standard InChI is InChI=1S/C15H16N2O3/c1-2-20-13-8-9-16-14(17-13)12(15(18)19)10-11-6-4-3-5-7-11/h3-9,12H,2,10H2,1H3,(H,18,19). The Labute approximate surface area is 117 Å². The van der Waals surface area contributed by atoms with Crippen LogP contribution in [0.5, 0.6) is 5.88 Å². The Kier molecular flexibility index (Phi) is 4.65. The number of aliphatic carboxylic acids is 1. The Hall–Kier alpha value is -2.43. The highest BCUT2D eigenvalue weighted by Crippen LogP contribution is 2.19. The van der Waals surface area contributed by atoms with E-state index in [0.717, 1.165) is 5.56 Å². The molecule has 20 heavy (non-hydrogen) atoms. The molecule has 0 saturated carbocycles. The van der Waals surface area contributed by atoms with Crippen molar-refractivity contribution >= 4 is 5.97 Å². The normalized spacial score (nSPS) is 11.8. The Balaban J connectivity index is 2.24. The minimum Gasteiger partial charge on any atom is -0.481 e. The minimum absolute atomic E-state index is 0.271. The summed E-state index contributed by atoms with van der Waals surface area (Å²) in [4.78, 5) is 19.7. The Morgan fingerprint density at radius 3 is 2.70 bits per heavy atom. The highest BCUT2D eigenvalue weighted by Gasteiger charge is 2.23. The number of nitrogens with zero attached hydrogens (tertiary/aromatic N) is 2. The molecule has 1 heterocycles. The van der Waals surface area contributed by atoms with Crippen LogP contribution in [0.4, 0.5) is 0 Å². The summed E-state index contributed by atoms with van der Waals surface area (Å²) < 4.78 is 5.28. The number of benzene rings is 1. The van der Waals surface area contributed by atoms with Crippen molar-refractivity contribution in [3.8, 4) is 5.88 Å². The van der Waals surface area contributed by atoms with Crippen molar-refractivity contribution in [2.24, 2.45) is 0 Å². The van der Waals surface area contributed by atoms with Gasteiger partial charge in [0.25, 0.3) is 0 Å². The quantitative estimate of drug-likeness (QED) is 0.873. The molecule has 1 unspecified atom stereocenters. The van der Waals surface area contributed by atoms with E-state index in [1.54, 1.807) is 6.07 Å². The smallest absolute Gasteiger partial charge is 0.314 e. The zero-order chi connectivity index (χ0) is 14.4. The third-order valence-electron chi connectivity index (χ3n) is 2.83. The molecule has 1 aromatic heterocycles. The van der Waals surface area contributed by atoms with Crippen LogP contribution >= 0.6 is 0 Å². The molecule has 0 aliphatic rings. The molecule has 0 radical (unpaired) electrons. The summed E-state index contributed by atoms with van der Waals surface area (Å²) >= 11 is 0. The lowest BCUT2D eigenvalue weighted by molar-refractivity contribution is -0.139. The molecule has 1 atom stereocenters. The zero-order valence-electron chi connectivity index (χ0n) is 11.2. The van der Waals surface area contributed by atoms with Crippen molar-refractivity contribution in [2.75, 3.05) is 6.61 Å². The number of carbonyl (C=O) groups is 1. The van der Waals surface area contributed by atoms with Crippen LogP contribution in [0.3, 0.4) is 0 Å². The first-order valence-corrected chi connectivity index (χ1v) is 6.43. The van der Waals surface area contributed by atoms with Crippen molar-refractivity contribution in [2.45, 2.75) is 19.3 Å². The van der Waals surface area contributed by atoms with Gasteiger partial charge in [-0.2, -0.15) is 4.98 Å². The average Bonchev–Trinajstić information content (AvgIpc) is 2.46. The van der Waals surface area contributed by atoms with Crippen LogP contribution in [0.15, 0.2) is 42.6 Å². The predicted molar refractivity (Wildman–Crippen MR) is 73.7 cm³/mol. The zero-order valence-corrected chi connectivity index (χ0v) is 11.2. The number of carboxylic acid groups (broad SMARTS) is 1. The molecule has 5 nitrogen and oxygen atoms in total. The Morgan fingerprint density at radius 2 is 2.05 bits per heavy atom. The van der Waals surface area contributed by atoms with E-state index < -0.39 is 11.9 Å². The number of ether oxygens (including phenoxy) is 1. The van der Waals surface area contributed by atoms with E-state index >= 15 is 0 Å². The fourth-order valence-corrected chi connectivity index (χ4v) is 1.89. The summed E-state index contributed by atoms with van der Waals surface area (Å²) in [7, 11) is 0. The third kappa shape index (κ3) is 3.54. The van der Waals surface area contributed by atoms with Crippen LogP contribution in [-0.4, -0.2) is 27.7 Å². The Bertz CT molecular complexity index is 572. The van der Waals surface area contributed by atoms with Gasteiger partial charge in [-0.3, -0.25) is 4.79 Å². The number of hydrogen-bond acceptors (Lipinski definition) is 4. The van der Waals surface area contributed by atoms with E-state index in [1.165, 1.54) is 6.20 Å². The SMILES string of the molecule is CCOc1ccnc(C(Cc2ccccc2)C(=O)O)n1. The van der Waals surface area contributed by atoms with E-state index in [4.69, 9.17) is 4.74 Å². The van der Waals surface area contributed by atoms with Gasteiger partial charge in [-0.1, -0.05) is 30.3 Å². The molecule has 0 amide bonds. The average molecular weight is 272 g/mol.